The molecule has 0 N–H and O–H groups in total. The van der Waals surface area contributed by atoms with Crippen LogP contribution in [0.2, 0.25) is 0 Å². The number of aromatic nitrogens is 2. The van der Waals surface area contributed by atoms with Crippen molar-refractivity contribution < 1.29 is 0 Å². The Hall–Kier alpha value is -10.7. The number of hydrogen-bond donors (Lipinski definition) is 0. The number of nitrogens with zero attached hydrogens (tertiary/aromatic N) is 3. The van der Waals surface area contributed by atoms with E-state index >= 15 is 0 Å². The maximum absolute atomic E-state index is 4.38. The zero-order valence-corrected chi connectivity index (χ0v) is 45.2. The van der Waals surface area contributed by atoms with E-state index in [1.54, 1.807) is 0 Å². The Morgan fingerprint density at radius 2 is 0.720 bits per heavy atom. The summed E-state index contributed by atoms with van der Waals surface area (Å²) in [6, 6.07) is 95.7. The van der Waals surface area contributed by atoms with E-state index in [0.29, 0.717) is 0 Å². The Kier molecular flexibility index (Phi) is 12.1. The third-order valence-corrected chi connectivity index (χ3v) is 16.7. The van der Waals surface area contributed by atoms with Gasteiger partial charge in [0.25, 0.3) is 0 Å². The number of fused-ring (bicyclic) bond motifs is 7. The van der Waals surface area contributed by atoms with Gasteiger partial charge in [0.1, 0.15) is 0 Å². The molecule has 3 heteroatoms. The van der Waals surface area contributed by atoms with Gasteiger partial charge in [-0.05, 0) is 212 Å². The molecule has 0 atom stereocenters. The number of allylic oxidation sites excluding steroid dienone is 2. The number of anilines is 3. The van der Waals surface area contributed by atoms with Gasteiger partial charge in [0.15, 0.2) is 0 Å². The van der Waals surface area contributed by atoms with Crippen molar-refractivity contribution in [3.8, 4) is 100 Å². The number of rotatable bonds is 10. The average Bonchev–Trinajstić information content (AvgIpc) is 4.12. The van der Waals surface area contributed by atoms with Gasteiger partial charge in [0.2, 0.25) is 0 Å². The number of pyridine rings is 2. The topological polar surface area (TPSA) is 29.0 Å². The van der Waals surface area contributed by atoms with E-state index in [1.165, 1.54) is 83.1 Å². The summed E-state index contributed by atoms with van der Waals surface area (Å²) < 4.78 is 0. The van der Waals surface area contributed by atoms with Crippen LogP contribution in [0.1, 0.15) is 22.3 Å². The van der Waals surface area contributed by atoms with Crippen molar-refractivity contribution in [3.05, 3.63) is 320 Å². The van der Waals surface area contributed by atoms with Crippen LogP contribution in [0.5, 0.6) is 0 Å². The van der Waals surface area contributed by atoms with Crippen LogP contribution >= 0.6 is 0 Å². The summed E-state index contributed by atoms with van der Waals surface area (Å²) in [5.41, 5.74) is 30.8. The Bertz CT molecular complexity index is 4500. The fraction of sp³-hybridized carbons (Fsp3) is 0.0127. The molecule has 2 aliphatic rings. The second-order valence-corrected chi connectivity index (χ2v) is 21.4. The predicted molar refractivity (Wildman–Crippen MR) is 344 cm³/mol. The van der Waals surface area contributed by atoms with Gasteiger partial charge in [-0.15, -0.1) is 0 Å². The standard InChI is InChI=1S/C79H53N3/c1-52-69-18-7-19-70(52)72(20-6-12-58-11-2-3-15-71(58)69)59-27-23-55(24-28-59)63-47-64(56-25-29-60(30-26-56)73-43-44-78-75-17-5-4-16-74(75)77-22-8-21-76(73)79(77)78)49-65(48-63)57-35-41-68(42-36-57)82(66-37-31-53(32-38-66)61-13-9-45-80-50-61)67-39-33-54(34-40-67)62-14-10-46-81-51-62/h2-51H,1H3. The van der Waals surface area contributed by atoms with Crippen molar-refractivity contribution in [1.29, 1.82) is 0 Å². The summed E-state index contributed by atoms with van der Waals surface area (Å²) in [5.74, 6) is 0. The molecule has 82 heavy (non-hydrogen) atoms. The van der Waals surface area contributed by atoms with Gasteiger partial charge in [-0.2, -0.15) is 0 Å². The van der Waals surface area contributed by atoms with E-state index in [9.17, 15) is 0 Å². The third-order valence-electron chi connectivity index (χ3n) is 16.7. The molecule has 0 unspecified atom stereocenters. The largest absolute Gasteiger partial charge is 0.311 e. The molecule has 0 aliphatic heterocycles. The van der Waals surface area contributed by atoms with E-state index in [4.69, 9.17) is 0 Å². The number of benzene rings is 11. The predicted octanol–water partition coefficient (Wildman–Crippen LogP) is 21.2. The lowest BCUT2D eigenvalue weighted by Crippen LogP contribution is -2.09. The zero-order chi connectivity index (χ0) is 54.5. The molecule has 384 valence electrons. The van der Waals surface area contributed by atoms with Crippen LogP contribution < -0.4 is 4.90 Å². The molecule has 3 nitrogen and oxygen atoms in total. The first kappa shape index (κ1) is 48.4. The second kappa shape index (κ2) is 20.5. The fourth-order valence-electron chi connectivity index (χ4n) is 12.5. The Labute approximate surface area is 478 Å². The van der Waals surface area contributed by atoms with E-state index < -0.39 is 0 Å². The van der Waals surface area contributed by atoms with Crippen molar-refractivity contribution >= 4 is 39.5 Å². The van der Waals surface area contributed by atoms with Gasteiger partial charge in [0, 0.05) is 41.8 Å². The minimum atomic E-state index is 1.06. The van der Waals surface area contributed by atoms with E-state index in [2.05, 4.69) is 289 Å². The van der Waals surface area contributed by atoms with Gasteiger partial charge in [-0.1, -0.05) is 212 Å². The van der Waals surface area contributed by atoms with Crippen molar-refractivity contribution in [2.75, 3.05) is 4.90 Å². The molecular weight excluding hydrogens is 991 g/mol. The second-order valence-electron chi connectivity index (χ2n) is 21.4. The van der Waals surface area contributed by atoms with Crippen molar-refractivity contribution in [3.63, 3.8) is 0 Å². The first-order chi connectivity index (χ1) is 40.6. The highest BCUT2D eigenvalue weighted by Crippen LogP contribution is 2.50. The van der Waals surface area contributed by atoms with Gasteiger partial charge in [-0.3, -0.25) is 9.97 Å². The quantitative estimate of drug-likeness (QED) is 0.137. The van der Waals surface area contributed by atoms with Crippen molar-refractivity contribution in [1.82, 2.24) is 9.97 Å². The molecule has 0 saturated heterocycles. The van der Waals surface area contributed by atoms with Gasteiger partial charge in [0.05, 0.1) is 0 Å². The molecule has 2 bridgehead atoms. The molecule has 11 aromatic carbocycles. The molecule has 0 radical (unpaired) electrons. The Morgan fingerprint density at radius 3 is 1.27 bits per heavy atom. The summed E-state index contributed by atoms with van der Waals surface area (Å²) in [6.07, 6.45) is 14.2. The van der Waals surface area contributed by atoms with Crippen LogP contribution in [-0.2, 0) is 0 Å². The normalized spacial score (nSPS) is 12.0. The van der Waals surface area contributed by atoms with Crippen LogP contribution in [0.3, 0.4) is 0 Å². The maximum Gasteiger partial charge on any atom is 0.0462 e. The summed E-state index contributed by atoms with van der Waals surface area (Å²) in [5, 5.41) is 2.62. The van der Waals surface area contributed by atoms with Crippen LogP contribution in [0, 0.1) is 6.92 Å². The lowest BCUT2D eigenvalue weighted by atomic mass is 9.88. The van der Waals surface area contributed by atoms with Crippen LogP contribution in [0.4, 0.5) is 17.1 Å². The third kappa shape index (κ3) is 8.73. The molecule has 0 amide bonds. The first-order valence-corrected chi connectivity index (χ1v) is 28.1. The minimum absolute atomic E-state index is 1.06. The minimum Gasteiger partial charge on any atom is -0.311 e. The average molecular weight is 1040 g/mol. The lowest BCUT2D eigenvalue weighted by Gasteiger charge is -2.26. The Morgan fingerprint density at radius 1 is 0.293 bits per heavy atom. The van der Waals surface area contributed by atoms with Crippen molar-refractivity contribution in [2.45, 2.75) is 6.92 Å². The Balaban J connectivity index is 0.813. The molecule has 0 spiro atoms. The highest BCUT2D eigenvalue weighted by Gasteiger charge is 2.23. The molecular formula is C79H53N3. The highest BCUT2D eigenvalue weighted by molar-refractivity contribution is 6.18. The monoisotopic (exact) mass is 1040 g/mol. The van der Waals surface area contributed by atoms with Crippen LogP contribution in [0.25, 0.3) is 123 Å². The maximum atomic E-state index is 4.38. The van der Waals surface area contributed by atoms with Gasteiger partial charge >= 0.3 is 0 Å². The SMILES string of the molecule is Cc1c2cccc1-c1ccccc1C=CC=C2c1ccc(-c2cc(-c3ccc(-c4ccc5c6c(cccc46)-c4ccccc4-5)cc3)cc(-c3ccc(N(c4ccc(-c5cccnc5)cc4)c4ccc(-c5cccnc5)cc4)cc3)c2)cc1. The smallest absolute Gasteiger partial charge is 0.0462 e. The molecule has 15 rings (SSSR count). The van der Waals surface area contributed by atoms with Gasteiger partial charge < -0.3 is 4.90 Å². The van der Waals surface area contributed by atoms with E-state index in [1.807, 2.05) is 36.9 Å². The molecule has 13 aromatic rings. The molecule has 2 aliphatic carbocycles. The molecule has 2 heterocycles. The van der Waals surface area contributed by atoms with Crippen LogP contribution in [0.15, 0.2) is 298 Å². The highest BCUT2D eigenvalue weighted by atomic mass is 15.1. The summed E-state index contributed by atoms with van der Waals surface area (Å²) >= 11 is 0. The van der Waals surface area contributed by atoms with Crippen molar-refractivity contribution in [2.24, 2.45) is 0 Å². The van der Waals surface area contributed by atoms with Crippen LogP contribution in [-0.4, -0.2) is 9.97 Å². The summed E-state index contributed by atoms with van der Waals surface area (Å²) in [4.78, 5) is 11.1. The lowest BCUT2D eigenvalue weighted by molar-refractivity contribution is 1.28. The molecule has 2 aromatic heterocycles. The summed E-state index contributed by atoms with van der Waals surface area (Å²) in [7, 11) is 0. The van der Waals surface area contributed by atoms with Gasteiger partial charge in [-0.25, -0.2) is 0 Å². The van der Waals surface area contributed by atoms with E-state index in [0.717, 1.165) is 72.7 Å². The first-order valence-electron chi connectivity index (χ1n) is 28.1. The summed E-state index contributed by atoms with van der Waals surface area (Å²) in [6.45, 7) is 2.26. The fourth-order valence-corrected chi connectivity index (χ4v) is 12.5. The molecule has 0 saturated carbocycles. The zero-order valence-electron chi connectivity index (χ0n) is 45.2. The molecule has 0 fully saturated rings. The van der Waals surface area contributed by atoms with E-state index in [-0.39, 0.29) is 0 Å². The number of hydrogen-bond acceptors (Lipinski definition) is 3.